The Balaban J connectivity index is 1.62. The first kappa shape index (κ1) is 27.8. The van der Waals surface area contributed by atoms with Crippen molar-refractivity contribution in [3.63, 3.8) is 0 Å². The molecule has 0 bridgehead atoms. The van der Waals surface area contributed by atoms with E-state index in [2.05, 4.69) is 20.6 Å². The number of fused-ring (bicyclic) bond motifs is 1. The average Bonchev–Trinajstić information content (AvgIpc) is 2.97. The fraction of sp³-hybridized carbons (Fsp3) is 0.214. The van der Waals surface area contributed by atoms with Gasteiger partial charge in [-0.25, -0.2) is 4.98 Å². The molecular formula is C28H27N5O7. The topological polar surface area (TPSA) is 173 Å². The highest BCUT2D eigenvalue weighted by Gasteiger charge is 2.23. The SMILES string of the molecule is COc1ccc([C@@H](NC(=O)c2cnc(C(=O)NCC(C)C(=O)O)[nH]c2=O)c2ccc3cc(OC)ccc3n2)cc1. The zero-order chi connectivity index (χ0) is 28.8. The number of nitrogens with one attached hydrogen (secondary N) is 3. The lowest BCUT2D eigenvalue weighted by Crippen LogP contribution is -2.36. The normalized spacial score (nSPS) is 12.3. The van der Waals surface area contributed by atoms with Crippen molar-refractivity contribution in [2.24, 2.45) is 5.92 Å². The van der Waals surface area contributed by atoms with Gasteiger partial charge < -0.3 is 30.2 Å². The summed E-state index contributed by atoms with van der Waals surface area (Å²) in [7, 11) is 3.12. The summed E-state index contributed by atoms with van der Waals surface area (Å²) in [5, 5.41) is 15.0. The number of amides is 2. The Bertz CT molecular complexity index is 1620. The Labute approximate surface area is 228 Å². The minimum absolute atomic E-state index is 0.158. The molecule has 2 amide bonds. The maximum absolute atomic E-state index is 13.3. The molecule has 0 aliphatic heterocycles. The third-order valence-corrected chi connectivity index (χ3v) is 6.19. The summed E-state index contributed by atoms with van der Waals surface area (Å²) >= 11 is 0. The van der Waals surface area contributed by atoms with Gasteiger partial charge in [-0.3, -0.25) is 24.2 Å². The Morgan fingerprint density at radius 1 is 0.975 bits per heavy atom. The van der Waals surface area contributed by atoms with E-state index in [-0.39, 0.29) is 17.9 Å². The summed E-state index contributed by atoms with van der Waals surface area (Å²) in [6, 6.07) is 15.4. The second kappa shape index (κ2) is 12.1. The van der Waals surface area contributed by atoms with Gasteiger partial charge in [0, 0.05) is 18.1 Å². The molecule has 206 valence electrons. The molecular weight excluding hydrogens is 518 g/mol. The average molecular weight is 546 g/mol. The summed E-state index contributed by atoms with van der Waals surface area (Å²) in [4.78, 5) is 60.1. The Morgan fingerprint density at radius 3 is 2.33 bits per heavy atom. The van der Waals surface area contributed by atoms with Gasteiger partial charge in [0.2, 0.25) is 0 Å². The molecule has 4 rings (SSSR count). The molecule has 2 aromatic heterocycles. The molecule has 0 aliphatic carbocycles. The first-order valence-electron chi connectivity index (χ1n) is 12.2. The number of nitrogens with zero attached hydrogens (tertiary/aromatic N) is 2. The number of aromatic amines is 1. The van der Waals surface area contributed by atoms with Crippen LogP contribution in [0.3, 0.4) is 0 Å². The smallest absolute Gasteiger partial charge is 0.308 e. The van der Waals surface area contributed by atoms with Crippen molar-refractivity contribution in [1.29, 1.82) is 0 Å². The number of carbonyl (C=O) groups is 3. The second-order valence-electron chi connectivity index (χ2n) is 8.90. The number of hydrogen-bond donors (Lipinski definition) is 4. The van der Waals surface area contributed by atoms with Crippen molar-refractivity contribution < 1.29 is 29.0 Å². The maximum atomic E-state index is 13.3. The van der Waals surface area contributed by atoms with Gasteiger partial charge in [0.1, 0.15) is 17.1 Å². The number of rotatable bonds is 10. The lowest BCUT2D eigenvalue weighted by Gasteiger charge is -2.20. The van der Waals surface area contributed by atoms with E-state index in [9.17, 15) is 19.2 Å². The van der Waals surface area contributed by atoms with E-state index < -0.39 is 35.3 Å². The van der Waals surface area contributed by atoms with Crippen molar-refractivity contribution in [2.45, 2.75) is 13.0 Å². The summed E-state index contributed by atoms with van der Waals surface area (Å²) in [6.07, 6.45) is 0.995. The van der Waals surface area contributed by atoms with Crippen LogP contribution in [0.1, 0.15) is 45.2 Å². The van der Waals surface area contributed by atoms with E-state index in [1.165, 1.54) is 6.92 Å². The van der Waals surface area contributed by atoms with E-state index in [0.29, 0.717) is 28.3 Å². The highest BCUT2D eigenvalue weighted by Crippen LogP contribution is 2.26. The van der Waals surface area contributed by atoms with E-state index in [4.69, 9.17) is 19.6 Å². The molecule has 0 fully saturated rings. The van der Waals surface area contributed by atoms with Crippen molar-refractivity contribution in [3.8, 4) is 11.5 Å². The maximum Gasteiger partial charge on any atom is 0.308 e. The standard InChI is InChI=1S/C28H27N5O7/c1-15(28(37)38)13-30-27(36)24-29-14-20(26(35)33-24)25(34)32-23(16-4-7-18(39-2)8-5-16)22-10-6-17-12-19(40-3)9-11-21(17)31-22/h4-12,14-15,23H,13H2,1-3H3,(H,30,36)(H,32,34)(H,37,38)(H,29,33,35)/t15?,23-/m1/s1. The summed E-state index contributed by atoms with van der Waals surface area (Å²) < 4.78 is 10.5. The van der Waals surface area contributed by atoms with Crippen molar-refractivity contribution >= 4 is 28.7 Å². The number of carbonyl (C=O) groups excluding carboxylic acids is 2. The summed E-state index contributed by atoms with van der Waals surface area (Å²) in [5.74, 6) is -2.47. The predicted octanol–water partition coefficient (Wildman–Crippen LogP) is 2.31. The van der Waals surface area contributed by atoms with Crippen LogP contribution in [0.4, 0.5) is 0 Å². The van der Waals surface area contributed by atoms with Gasteiger partial charge in [0.05, 0.1) is 37.4 Å². The fourth-order valence-corrected chi connectivity index (χ4v) is 3.83. The Kier molecular flexibility index (Phi) is 8.38. The van der Waals surface area contributed by atoms with Crippen LogP contribution in [-0.4, -0.2) is 58.6 Å². The van der Waals surface area contributed by atoms with Gasteiger partial charge in [-0.05, 0) is 42.0 Å². The van der Waals surface area contributed by atoms with Crippen LogP contribution in [0.5, 0.6) is 11.5 Å². The Hall–Kier alpha value is -5.26. The van der Waals surface area contributed by atoms with Gasteiger partial charge in [0.15, 0.2) is 5.82 Å². The van der Waals surface area contributed by atoms with Gasteiger partial charge in [-0.1, -0.05) is 25.1 Å². The molecule has 1 unspecified atom stereocenters. The number of aromatic nitrogens is 3. The van der Waals surface area contributed by atoms with Gasteiger partial charge >= 0.3 is 5.97 Å². The highest BCUT2D eigenvalue weighted by atomic mass is 16.5. The minimum atomic E-state index is -1.08. The first-order chi connectivity index (χ1) is 19.2. The predicted molar refractivity (Wildman–Crippen MR) is 145 cm³/mol. The number of pyridine rings is 1. The number of methoxy groups -OCH3 is 2. The van der Waals surface area contributed by atoms with Gasteiger partial charge in [0.25, 0.3) is 17.4 Å². The minimum Gasteiger partial charge on any atom is -0.497 e. The highest BCUT2D eigenvalue weighted by molar-refractivity contribution is 5.95. The van der Waals surface area contributed by atoms with Gasteiger partial charge in [-0.15, -0.1) is 0 Å². The first-order valence-corrected chi connectivity index (χ1v) is 12.2. The second-order valence-corrected chi connectivity index (χ2v) is 8.90. The molecule has 12 heteroatoms. The van der Waals surface area contributed by atoms with Crippen molar-refractivity contribution in [3.05, 3.63) is 93.8 Å². The molecule has 0 saturated carbocycles. The molecule has 2 atom stereocenters. The Morgan fingerprint density at radius 2 is 1.68 bits per heavy atom. The molecule has 2 heterocycles. The fourth-order valence-electron chi connectivity index (χ4n) is 3.83. The van der Waals surface area contributed by atoms with E-state index in [1.807, 2.05) is 12.1 Å². The lowest BCUT2D eigenvalue weighted by atomic mass is 10.0. The van der Waals surface area contributed by atoms with Crippen LogP contribution in [0.25, 0.3) is 10.9 Å². The molecule has 12 nitrogen and oxygen atoms in total. The monoisotopic (exact) mass is 545 g/mol. The number of aliphatic carboxylic acids is 1. The van der Waals surface area contributed by atoms with Gasteiger partial charge in [-0.2, -0.15) is 0 Å². The third-order valence-electron chi connectivity index (χ3n) is 6.19. The molecule has 40 heavy (non-hydrogen) atoms. The van der Waals surface area contributed by atoms with Crippen LogP contribution < -0.4 is 25.7 Å². The van der Waals surface area contributed by atoms with Crippen molar-refractivity contribution in [2.75, 3.05) is 20.8 Å². The molecule has 2 aromatic carbocycles. The molecule has 0 saturated heterocycles. The molecule has 0 aliphatic rings. The number of H-pyrrole nitrogens is 1. The number of carboxylic acid groups (broad SMARTS) is 1. The largest absolute Gasteiger partial charge is 0.497 e. The molecule has 0 radical (unpaired) electrons. The zero-order valence-corrected chi connectivity index (χ0v) is 21.9. The summed E-state index contributed by atoms with van der Waals surface area (Å²) in [5.41, 5.74) is 0.722. The van der Waals surface area contributed by atoms with E-state index in [1.54, 1.807) is 56.7 Å². The molecule has 4 N–H and O–H groups in total. The summed E-state index contributed by atoms with van der Waals surface area (Å²) in [6.45, 7) is 1.27. The van der Waals surface area contributed by atoms with Crippen LogP contribution in [0, 0.1) is 5.92 Å². The van der Waals surface area contributed by atoms with E-state index >= 15 is 0 Å². The number of hydrogen-bond acceptors (Lipinski definition) is 8. The third kappa shape index (κ3) is 6.23. The number of ether oxygens (including phenoxy) is 2. The quantitative estimate of drug-likeness (QED) is 0.233. The van der Waals surface area contributed by atoms with Crippen LogP contribution in [0.15, 0.2) is 65.6 Å². The number of carboxylic acids is 1. The number of benzene rings is 2. The molecule has 0 spiro atoms. The van der Waals surface area contributed by atoms with Crippen LogP contribution >= 0.6 is 0 Å². The van der Waals surface area contributed by atoms with Crippen LogP contribution in [0.2, 0.25) is 0 Å². The van der Waals surface area contributed by atoms with Crippen molar-refractivity contribution in [1.82, 2.24) is 25.6 Å². The lowest BCUT2D eigenvalue weighted by molar-refractivity contribution is -0.140. The van der Waals surface area contributed by atoms with E-state index in [0.717, 1.165) is 11.6 Å². The zero-order valence-electron chi connectivity index (χ0n) is 21.9. The van der Waals surface area contributed by atoms with Crippen LogP contribution in [-0.2, 0) is 4.79 Å². The molecule has 4 aromatic rings.